The van der Waals surface area contributed by atoms with Crippen molar-refractivity contribution in [2.75, 3.05) is 19.8 Å². The number of fused-ring (bicyclic) bond motifs is 1. The summed E-state index contributed by atoms with van der Waals surface area (Å²) in [5.74, 6) is -0.912. The summed E-state index contributed by atoms with van der Waals surface area (Å²) in [5, 5.41) is 4.96. The molecule has 0 bridgehead atoms. The quantitative estimate of drug-likeness (QED) is 0.597. The van der Waals surface area contributed by atoms with Gasteiger partial charge in [-0.1, -0.05) is 42.5 Å². The van der Waals surface area contributed by atoms with Crippen molar-refractivity contribution in [1.82, 2.24) is 15.3 Å². The predicted octanol–water partition coefficient (Wildman–Crippen LogP) is 2.22. The molecular weight excluding hydrogens is 405 g/mol. The minimum absolute atomic E-state index is 0.134. The van der Waals surface area contributed by atoms with E-state index in [1.807, 2.05) is 30.3 Å². The summed E-state index contributed by atoms with van der Waals surface area (Å²) < 4.78 is 25.5. The second kappa shape index (κ2) is 7.75. The van der Waals surface area contributed by atoms with E-state index in [0.29, 0.717) is 23.3 Å². The van der Waals surface area contributed by atoms with Crippen LogP contribution in [0.4, 0.5) is 9.18 Å². The molecule has 1 N–H and O–H groups in total. The van der Waals surface area contributed by atoms with Crippen LogP contribution in [0, 0.1) is 0 Å². The lowest BCUT2D eigenvalue weighted by Gasteiger charge is -2.39. The molecule has 3 heterocycles. The Morgan fingerprint density at radius 2 is 1.84 bits per heavy atom. The number of morpholine rings is 1. The molecule has 3 aliphatic rings. The van der Waals surface area contributed by atoms with E-state index in [0.717, 1.165) is 5.56 Å². The topological polar surface area (TPSA) is 88.2 Å². The Morgan fingerprint density at radius 3 is 2.61 bits per heavy atom. The minimum atomic E-state index is -1.48. The molecule has 0 aliphatic carbocycles. The average Bonchev–Trinajstić information content (AvgIpc) is 3.25. The number of nitrogens with zero attached hydrogens (tertiary/aromatic N) is 2. The number of hydrogen-bond donors (Lipinski definition) is 1. The Labute approximate surface area is 177 Å². The lowest BCUT2D eigenvalue weighted by molar-refractivity contribution is -0.156. The molecule has 160 valence electrons. The fourth-order valence-corrected chi connectivity index (χ4v) is 4.43. The van der Waals surface area contributed by atoms with Crippen LogP contribution in [0.2, 0.25) is 0 Å². The second-order valence-electron chi connectivity index (χ2n) is 7.62. The van der Waals surface area contributed by atoms with Gasteiger partial charge in [-0.25, -0.2) is 14.2 Å². The van der Waals surface area contributed by atoms with Gasteiger partial charge in [-0.2, -0.15) is 5.01 Å². The number of amides is 3. The highest BCUT2D eigenvalue weighted by atomic mass is 19.1. The van der Waals surface area contributed by atoms with Crippen LogP contribution in [0.25, 0.3) is 0 Å². The standard InChI is InChI=1S/C22H20FN3O5/c23-17-12-30-10-9-25(17)26-19(13-5-2-1-3-6-13)16(31-22(26)29)11-14-7-4-8-15-18(14)21(28)24-20(15)27/h1-8,16-17,19H,9-12H2,(H,24,27,28). The first-order valence-electron chi connectivity index (χ1n) is 10.1. The maximum atomic E-state index is 14.7. The van der Waals surface area contributed by atoms with Gasteiger partial charge < -0.3 is 9.47 Å². The molecule has 3 atom stereocenters. The van der Waals surface area contributed by atoms with Crippen molar-refractivity contribution in [3.63, 3.8) is 0 Å². The molecule has 0 aromatic heterocycles. The van der Waals surface area contributed by atoms with Gasteiger partial charge in [0.05, 0.1) is 24.3 Å². The Morgan fingerprint density at radius 1 is 1.03 bits per heavy atom. The zero-order valence-corrected chi connectivity index (χ0v) is 16.5. The van der Waals surface area contributed by atoms with Crippen LogP contribution in [0.15, 0.2) is 48.5 Å². The molecule has 5 rings (SSSR count). The number of hydrazine groups is 1. The van der Waals surface area contributed by atoms with Gasteiger partial charge in [0, 0.05) is 13.0 Å². The van der Waals surface area contributed by atoms with Crippen LogP contribution in [0.3, 0.4) is 0 Å². The number of halogens is 1. The molecule has 0 spiro atoms. The minimum Gasteiger partial charge on any atom is -0.442 e. The molecule has 8 nitrogen and oxygen atoms in total. The number of hydrogen-bond acceptors (Lipinski definition) is 6. The zero-order valence-electron chi connectivity index (χ0n) is 16.5. The van der Waals surface area contributed by atoms with Gasteiger partial charge in [0.1, 0.15) is 12.1 Å². The summed E-state index contributed by atoms with van der Waals surface area (Å²) in [6.45, 7) is 0.374. The first-order chi connectivity index (χ1) is 15.0. The van der Waals surface area contributed by atoms with E-state index >= 15 is 0 Å². The smallest absolute Gasteiger partial charge is 0.425 e. The van der Waals surface area contributed by atoms with Crippen LogP contribution in [0.1, 0.15) is 37.9 Å². The van der Waals surface area contributed by atoms with E-state index in [-0.39, 0.29) is 19.6 Å². The molecule has 3 amide bonds. The van der Waals surface area contributed by atoms with E-state index < -0.39 is 36.3 Å². The summed E-state index contributed by atoms with van der Waals surface area (Å²) in [6, 6.07) is 13.7. The average molecular weight is 425 g/mol. The highest BCUT2D eigenvalue weighted by Gasteiger charge is 2.48. The molecule has 31 heavy (non-hydrogen) atoms. The lowest BCUT2D eigenvalue weighted by Crippen LogP contribution is -2.54. The van der Waals surface area contributed by atoms with Crippen molar-refractivity contribution in [1.29, 1.82) is 0 Å². The number of cyclic esters (lactones) is 1. The molecule has 9 heteroatoms. The maximum Gasteiger partial charge on any atom is 0.425 e. The highest BCUT2D eigenvalue weighted by molar-refractivity contribution is 6.22. The Hall–Kier alpha value is -3.30. The third-order valence-corrected chi connectivity index (χ3v) is 5.79. The number of ether oxygens (including phenoxy) is 2. The van der Waals surface area contributed by atoms with Crippen LogP contribution < -0.4 is 5.32 Å². The molecule has 3 unspecified atom stereocenters. The summed E-state index contributed by atoms with van der Waals surface area (Å²) in [7, 11) is 0. The summed E-state index contributed by atoms with van der Waals surface area (Å²) in [5.41, 5.74) is 1.98. The van der Waals surface area contributed by atoms with Gasteiger partial charge in [0.25, 0.3) is 11.8 Å². The third kappa shape index (κ3) is 3.35. The van der Waals surface area contributed by atoms with E-state index in [4.69, 9.17) is 9.47 Å². The summed E-state index contributed by atoms with van der Waals surface area (Å²) in [6.07, 6.45) is -2.61. The molecule has 2 saturated heterocycles. The van der Waals surface area contributed by atoms with Crippen molar-refractivity contribution >= 4 is 17.9 Å². The van der Waals surface area contributed by atoms with Crippen molar-refractivity contribution in [3.05, 3.63) is 70.8 Å². The van der Waals surface area contributed by atoms with Crippen molar-refractivity contribution < 1.29 is 28.2 Å². The van der Waals surface area contributed by atoms with Crippen LogP contribution in [-0.2, 0) is 15.9 Å². The summed E-state index contributed by atoms with van der Waals surface area (Å²) >= 11 is 0. The highest BCUT2D eigenvalue weighted by Crippen LogP contribution is 2.38. The number of nitrogens with one attached hydrogen (secondary N) is 1. The summed E-state index contributed by atoms with van der Waals surface area (Å²) in [4.78, 5) is 37.2. The first-order valence-corrected chi connectivity index (χ1v) is 10.1. The first kappa shape index (κ1) is 19.7. The second-order valence-corrected chi connectivity index (χ2v) is 7.62. The molecule has 0 radical (unpaired) electrons. The third-order valence-electron chi connectivity index (χ3n) is 5.79. The number of alkyl halides is 1. The number of imide groups is 1. The Kier molecular flexibility index (Phi) is 4.91. The number of benzene rings is 2. The van der Waals surface area contributed by atoms with E-state index in [1.54, 1.807) is 18.2 Å². The molecule has 2 aromatic rings. The number of carbonyl (C=O) groups excluding carboxylic acids is 3. The predicted molar refractivity (Wildman–Crippen MR) is 106 cm³/mol. The van der Waals surface area contributed by atoms with Gasteiger partial charge in [-0.3, -0.25) is 14.9 Å². The molecule has 0 saturated carbocycles. The fourth-order valence-electron chi connectivity index (χ4n) is 4.43. The van der Waals surface area contributed by atoms with Gasteiger partial charge >= 0.3 is 6.09 Å². The van der Waals surface area contributed by atoms with Crippen molar-refractivity contribution in [2.45, 2.75) is 24.9 Å². The van der Waals surface area contributed by atoms with Gasteiger partial charge in [-0.15, -0.1) is 0 Å². The van der Waals surface area contributed by atoms with Gasteiger partial charge in [-0.05, 0) is 17.2 Å². The van der Waals surface area contributed by atoms with Crippen molar-refractivity contribution in [3.8, 4) is 0 Å². The van der Waals surface area contributed by atoms with E-state index in [2.05, 4.69) is 5.32 Å². The zero-order chi connectivity index (χ0) is 21.5. The fraction of sp³-hybridized carbons (Fsp3) is 0.318. The van der Waals surface area contributed by atoms with Crippen LogP contribution in [-0.4, -0.2) is 60.1 Å². The van der Waals surface area contributed by atoms with Crippen molar-refractivity contribution in [2.24, 2.45) is 0 Å². The van der Waals surface area contributed by atoms with Crippen LogP contribution >= 0.6 is 0 Å². The lowest BCUT2D eigenvalue weighted by atomic mass is 9.92. The Balaban J connectivity index is 1.52. The van der Waals surface area contributed by atoms with E-state index in [1.165, 1.54) is 10.0 Å². The largest absolute Gasteiger partial charge is 0.442 e. The number of rotatable bonds is 4. The van der Waals surface area contributed by atoms with Crippen LogP contribution in [0.5, 0.6) is 0 Å². The Bertz CT molecular complexity index is 1050. The molecule has 2 fully saturated rings. The SMILES string of the molecule is O=C1NC(=O)c2c(CC3OC(=O)N(N4CCOCC4F)C3c3ccccc3)cccc21. The maximum absolute atomic E-state index is 14.7. The van der Waals surface area contributed by atoms with E-state index in [9.17, 15) is 18.8 Å². The van der Waals surface area contributed by atoms with Gasteiger partial charge in [0.2, 0.25) is 0 Å². The van der Waals surface area contributed by atoms with Gasteiger partial charge in [0.15, 0.2) is 6.30 Å². The monoisotopic (exact) mass is 425 g/mol. The molecule has 2 aromatic carbocycles. The molecular formula is C22H20FN3O5. The number of carbonyl (C=O) groups is 3. The normalized spacial score (nSPS) is 26.0. The molecule has 3 aliphatic heterocycles.